The average molecular weight is 373 g/mol. The molecule has 0 aliphatic carbocycles. The number of carbonyl (C=O) groups is 1. The summed E-state index contributed by atoms with van der Waals surface area (Å²) in [6.07, 6.45) is 3.82. The van der Waals surface area contributed by atoms with Crippen molar-refractivity contribution in [2.45, 2.75) is 38.8 Å². The van der Waals surface area contributed by atoms with Crippen molar-refractivity contribution in [3.63, 3.8) is 0 Å². The number of thiophene rings is 1. The average Bonchev–Trinajstić information content (AvgIpc) is 3.09. The number of hydrogen-bond donors (Lipinski definition) is 1. The van der Waals surface area contributed by atoms with E-state index in [-0.39, 0.29) is 5.97 Å². The summed E-state index contributed by atoms with van der Waals surface area (Å²) in [5.74, 6) is -0.193. The number of hydrogen-bond acceptors (Lipinski definition) is 5. The maximum atomic E-state index is 12.7. The van der Waals surface area contributed by atoms with Crippen LogP contribution in [0.2, 0.25) is 0 Å². The van der Waals surface area contributed by atoms with Crippen LogP contribution in [0.25, 0.3) is 0 Å². The summed E-state index contributed by atoms with van der Waals surface area (Å²) in [6, 6.07) is 13.6. The predicted octanol–water partition coefficient (Wildman–Crippen LogP) is 3.92. The molecule has 0 saturated carbocycles. The number of nitrogens with zero attached hydrogens (tertiary/aromatic N) is 1. The van der Waals surface area contributed by atoms with E-state index in [1.54, 1.807) is 11.3 Å². The van der Waals surface area contributed by atoms with Gasteiger partial charge in [0.2, 0.25) is 0 Å². The van der Waals surface area contributed by atoms with Gasteiger partial charge in [0.15, 0.2) is 0 Å². The Kier molecular flexibility index (Phi) is 7.23. The molecule has 26 heavy (non-hydrogen) atoms. The molecule has 1 unspecified atom stereocenters. The number of aryl methyl sites for hydroxylation is 1. The van der Waals surface area contributed by atoms with Crippen molar-refractivity contribution < 1.29 is 9.53 Å². The smallest absolute Gasteiger partial charge is 0.327 e. The van der Waals surface area contributed by atoms with E-state index >= 15 is 0 Å². The van der Waals surface area contributed by atoms with E-state index in [0.29, 0.717) is 13.2 Å². The number of likely N-dealkylation sites (tertiary alicyclic amines) is 1. The lowest BCUT2D eigenvalue weighted by Crippen LogP contribution is -2.35. The van der Waals surface area contributed by atoms with Crippen molar-refractivity contribution in [2.75, 3.05) is 26.2 Å². The van der Waals surface area contributed by atoms with E-state index in [1.165, 1.54) is 29.0 Å². The molecule has 1 aliphatic heterocycles. The molecule has 1 saturated heterocycles. The number of rotatable bonds is 8. The molecule has 1 fully saturated rings. The highest BCUT2D eigenvalue weighted by Gasteiger charge is 2.22. The van der Waals surface area contributed by atoms with Crippen molar-refractivity contribution in [1.29, 1.82) is 0 Å². The maximum absolute atomic E-state index is 12.7. The van der Waals surface area contributed by atoms with E-state index in [4.69, 9.17) is 4.74 Å². The van der Waals surface area contributed by atoms with Crippen molar-refractivity contribution in [1.82, 2.24) is 10.2 Å². The molecule has 0 amide bonds. The Morgan fingerprint density at radius 1 is 1.15 bits per heavy atom. The molecule has 1 aromatic heterocycles. The molecule has 2 heterocycles. The first kappa shape index (κ1) is 19.1. The van der Waals surface area contributed by atoms with Crippen LogP contribution < -0.4 is 5.32 Å². The number of carbonyl (C=O) groups excluding carboxylic acids is 1. The van der Waals surface area contributed by atoms with E-state index in [2.05, 4.69) is 29.3 Å². The molecular weight excluding hydrogens is 344 g/mol. The van der Waals surface area contributed by atoms with Gasteiger partial charge >= 0.3 is 5.97 Å². The van der Waals surface area contributed by atoms with Gasteiger partial charge in [0.25, 0.3) is 0 Å². The van der Waals surface area contributed by atoms with Gasteiger partial charge in [-0.1, -0.05) is 36.8 Å². The molecule has 3 rings (SSSR count). The van der Waals surface area contributed by atoms with Crippen LogP contribution in [0.4, 0.5) is 0 Å². The third kappa shape index (κ3) is 5.66. The summed E-state index contributed by atoms with van der Waals surface area (Å²) in [7, 11) is 0. The molecule has 2 aromatic rings. The van der Waals surface area contributed by atoms with Gasteiger partial charge in [-0.25, -0.2) is 4.79 Å². The molecule has 5 heteroatoms. The molecule has 4 nitrogen and oxygen atoms in total. The highest BCUT2D eigenvalue weighted by molar-refractivity contribution is 7.11. The third-order valence-electron chi connectivity index (χ3n) is 4.75. The van der Waals surface area contributed by atoms with Crippen LogP contribution in [-0.2, 0) is 16.1 Å². The highest BCUT2D eigenvalue weighted by atomic mass is 32.1. The van der Waals surface area contributed by atoms with Crippen molar-refractivity contribution in [3.8, 4) is 0 Å². The summed E-state index contributed by atoms with van der Waals surface area (Å²) in [4.78, 5) is 17.6. The molecule has 0 bridgehead atoms. The molecule has 140 valence electrons. The van der Waals surface area contributed by atoms with Crippen molar-refractivity contribution in [2.24, 2.45) is 0 Å². The highest BCUT2D eigenvalue weighted by Crippen LogP contribution is 2.19. The quantitative estimate of drug-likeness (QED) is 0.713. The summed E-state index contributed by atoms with van der Waals surface area (Å²) in [6.45, 7) is 6.29. The van der Waals surface area contributed by atoms with Crippen LogP contribution in [0.15, 0.2) is 42.5 Å². The Morgan fingerprint density at radius 3 is 2.62 bits per heavy atom. The zero-order valence-corrected chi connectivity index (χ0v) is 16.3. The lowest BCUT2D eigenvalue weighted by Gasteiger charge is -2.26. The molecule has 1 atom stereocenters. The van der Waals surface area contributed by atoms with E-state index in [9.17, 15) is 4.79 Å². The van der Waals surface area contributed by atoms with Crippen molar-refractivity contribution in [3.05, 3.63) is 57.8 Å². The largest absolute Gasteiger partial charge is 0.463 e. The first-order valence-electron chi connectivity index (χ1n) is 9.45. The fourth-order valence-electron chi connectivity index (χ4n) is 3.31. The van der Waals surface area contributed by atoms with Gasteiger partial charge in [-0.15, -0.1) is 11.3 Å². The second-order valence-electron chi connectivity index (χ2n) is 6.81. The van der Waals surface area contributed by atoms with Gasteiger partial charge in [0, 0.05) is 22.8 Å². The summed E-state index contributed by atoms with van der Waals surface area (Å²) in [5, 5.41) is 3.38. The normalized spacial score (nSPS) is 16.3. The standard InChI is InChI=1S/C21H28N2O2S/c1-17-10-11-19(26-17)16-22-20(18-8-4-2-5-9-18)21(24)25-15-14-23-12-6-3-7-13-23/h2,4-5,8-11,20,22H,3,6-7,12-16H2,1H3. The minimum absolute atomic E-state index is 0.193. The second kappa shape index (κ2) is 9.86. The Bertz CT molecular complexity index is 680. The monoisotopic (exact) mass is 372 g/mol. The number of ether oxygens (including phenoxy) is 1. The Hall–Kier alpha value is -1.69. The fraction of sp³-hybridized carbons (Fsp3) is 0.476. The summed E-state index contributed by atoms with van der Waals surface area (Å²) in [5.41, 5.74) is 0.948. The Balaban J connectivity index is 1.56. The second-order valence-corrected chi connectivity index (χ2v) is 8.18. The Morgan fingerprint density at radius 2 is 1.92 bits per heavy atom. The number of piperidine rings is 1. The number of nitrogens with one attached hydrogen (secondary N) is 1. The van der Waals surface area contributed by atoms with Gasteiger partial charge in [-0.05, 0) is 50.6 Å². The van der Waals surface area contributed by atoms with Gasteiger partial charge in [-0.2, -0.15) is 0 Å². The van der Waals surface area contributed by atoms with Gasteiger partial charge < -0.3 is 4.74 Å². The predicted molar refractivity (Wildman–Crippen MR) is 106 cm³/mol. The van der Waals surface area contributed by atoms with Gasteiger partial charge in [0.05, 0.1) is 0 Å². The first-order chi connectivity index (χ1) is 12.7. The van der Waals surface area contributed by atoms with Crippen LogP contribution in [0.5, 0.6) is 0 Å². The lowest BCUT2D eigenvalue weighted by atomic mass is 10.1. The van der Waals surface area contributed by atoms with E-state index in [0.717, 1.165) is 25.2 Å². The van der Waals surface area contributed by atoms with Crippen LogP contribution in [0.3, 0.4) is 0 Å². The zero-order chi connectivity index (χ0) is 18.2. The zero-order valence-electron chi connectivity index (χ0n) is 15.4. The van der Waals surface area contributed by atoms with Gasteiger partial charge in [-0.3, -0.25) is 10.2 Å². The number of benzene rings is 1. The molecule has 1 aromatic carbocycles. The molecule has 0 spiro atoms. The topological polar surface area (TPSA) is 41.6 Å². The molecule has 1 aliphatic rings. The van der Waals surface area contributed by atoms with Crippen LogP contribution in [-0.4, -0.2) is 37.1 Å². The van der Waals surface area contributed by atoms with Crippen LogP contribution in [0, 0.1) is 6.92 Å². The third-order valence-corrected chi connectivity index (χ3v) is 5.75. The lowest BCUT2D eigenvalue weighted by molar-refractivity contribution is -0.147. The summed E-state index contributed by atoms with van der Waals surface area (Å²) < 4.78 is 5.62. The minimum Gasteiger partial charge on any atom is -0.463 e. The van der Waals surface area contributed by atoms with Crippen molar-refractivity contribution >= 4 is 17.3 Å². The maximum Gasteiger partial charge on any atom is 0.327 e. The first-order valence-corrected chi connectivity index (χ1v) is 10.3. The van der Waals surface area contributed by atoms with Crippen LogP contribution in [0.1, 0.15) is 40.6 Å². The number of esters is 1. The summed E-state index contributed by atoms with van der Waals surface area (Å²) >= 11 is 1.75. The van der Waals surface area contributed by atoms with Crippen LogP contribution >= 0.6 is 11.3 Å². The molecule has 1 N–H and O–H groups in total. The van der Waals surface area contributed by atoms with Gasteiger partial charge in [0.1, 0.15) is 12.6 Å². The molecular formula is C21H28N2O2S. The Labute approximate surface area is 160 Å². The molecule has 0 radical (unpaired) electrons. The minimum atomic E-state index is -0.431. The fourth-order valence-corrected chi connectivity index (χ4v) is 4.15. The van der Waals surface area contributed by atoms with E-state index < -0.39 is 6.04 Å². The van der Waals surface area contributed by atoms with E-state index in [1.807, 2.05) is 30.3 Å². The SMILES string of the molecule is Cc1ccc(CNC(C(=O)OCCN2CCCCC2)c2ccccc2)s1.